The number of ether oxygens (including phenoxy) is 1. The van der Waals surface area contributed by atoms with Crippen molar-refractivity contribution in [2.75, 3.05) is 13.7 Å². The number of aromatic nitrogens is 3. The standard InChI is InChI=1S/C25H40N6O3Si/c1-25(2,3)28-24(32)18-15-30(16-34-12-13-35(5,6)7)23-21(18)27-19(14-26-23)22-17-10-8-9-11-20(17)29(4)31(22)33/h14-15,22,33H,8-13,16H2,1-7H3,(H,28,32). The van der Waals surface area contributed by atoms with Crippen LogP contribution in [0.5, 0.6) is 0 Å². The van der Waals surface area contributed by atoms with Crippen LogP contribution in [0.2, 0.25) is 25.7 Å². The van der Waals surface area contributed by atoms with Crippen LogP contribution in [-0.2, 0) is 11.5 Å². The highest BCUT2D eigenvalue weighted by Crippen LogP contribution is 2.44. The van der Waals surface area contributed by atoms with E-state index in [4.69, 9.17) is 14.7 Å². The quantitative estimate of drug-likeness (QED) is 0.420. The van der Waals surface area contributed by atoms with Gasteiger partial charge >= 0.3 is 0 Å². The number of hydrogen-bond acceptors (Lipinski definition) is 7. The van der Waals surface area contributed by atoms with E-state index in [1.807, 2.05) is 37.4 Å². The average Bonchev–Trinajstić information content (AvgIpc) is 3.24. The summed E-state index contributed by atoms with van der Waals surface area (Å²) in [5, 5.41) is 17.0. The summed E-state index contributed by atoms with van der Waals surface area (Å²) >= 11 is 0. The molecule has 0 spiro atoms. The van der Waals surface area contributed by atoms with Crippen molar-refractivity contribution in [2.24, 2.45) is 0 Å². The number of hydrazine groups is 1. The highest BCUT2D eigenvalue weighted by atomic mass is 28.3. The van der Waals surface area contributed by atoms with Crippen molar-refractivity contribution in [2.45, 2.75) is 90.5 Å². The Kier molecular flexibility index (Phi) is 7.11. The summed E-state index contributed by atoms with van der Waals surface area (Å²) in [5.41, 5.74) is 4.19. The fourth-order valence-electron chi connectivity index (χ4n) is 4.72. The van der Waals surface area contributed by atoms with Crippen LogP contribution in [0.1, 0.15) is 68.5 Å². The Morgan fingerprint density at radius 3 is 2.66 bits per heavy atom. The topological polar surface area (TPSA) is 95.8 Å². The van der Waals surface area contributed by atoms with E-state index >= 15 is 0 Å². The Bertz CT molecular complexity index is 1130. The molecule has 3 heterocycles. The lowest BCUT2D eigenvalue weighted by atomic mass is 9.91. The first-order chi connectivity index (χ1) is 16.4. The van der Waals surface area contributed by atoms with Crippen LogP contribution in [0.25, 0.3) is 11.2 Å². The number of allylic oxidation sites excluding steroid dienone is 1. The largest absolute Gasteiger partial charge is 0.361 e. The fourth-order valence-corrected chi connectivity index (χ4v) is 5.48. The second-order valence-electron chi connectivity index (χ2n) is 12.0. The third-order valence-corrected chi connectivity index (χ3v) is 8.27. The minimum Gasteiger partial charge on any atom is -0.361 e. The Hall–Kier alpha value is -2.27. The second kappa shape index (κ2) is 9.65. The molecule has 0 fully saturated rings. The highest BCUT2D eigenvalue weighted by Gasteiger charge is 2.39. The van der Waals surface area contributed by atoms with Crippen LogP contribution in [0, 0.1) is 0 Å². The summed E-state index contributed by atoms with van der Waals surface area (Å²) in [4.78, 5) is 22.9. The maximum absolute atomic E-state index is 13.2. The molecule has 35 heavy (non-hydrogen) atoms. The van der Waals surface area contributed by atoms with E-state index in [0.29, 0.717) is 35.8 Å². The van der Waals surface area contributed by atoms with Gasteiger partial charge < -0.3 is 14.6 Å². The van der Waals surface area contributed by atoms with E-state index in [9.17, 15) is 10.0 Å². The lowest BCUT2D eigenvalue weighted by molar-refractivity contribution is -0.229. The number of hydrogen-bond donors (Lipinski definition) is 2. The van der Waals surface area contributed by atoms with Crippen molar-refractivity contribution >= 4 is 25.1 Å². The van der Waals surface area contributed by atoms with Gasteiger partial charge in [-0.15, -0.1) is 0 Å². The number of nitrogens with zero attached hydrogens (tertiary/aromatic N) is 5. The lowest BCUT2D eigenvalue weighted by Crippen LogP contribution is -2.40. The molecule has 0 aromatic carbocycles. The van der Waals surface area contributed by atoms with E-state index in [1.54, 1.807) is 12.4 Å². The van der Waals surface area contributed by atoms with Gasteiger partial charge in [-0.1, -0.05) is 24.8 Å². The van der Waals surface area contributed by atoms with Crippen LogP contribution in [0.3, 0.4) is 0 Å². The molecule has 0 saturated heterocycles. The summed E-state index contributed by atoms with van der Waals surface area (Å²) in [7, 11) is 0.677. The molecule has 10 heteroatoms. The highest BCUT2D eigenvalue weighted by molar-refractivity contribution is 6.76. The molecule has 2 aromatic heterocycles. The zero-order valence-electron chi connectivity index (χ0n) is 22.2. The summed E-state index contributed by atoms with van der Waals surface area (Å²) in [6, 6.07) is 0.681. The molecule has 0 radical (unpaired) electrons. The number of rotatable bonds is 7. The summed E-state index contributed by atoms with van der Waals surface area (Å²) in [6.45, 7) is 13.8. The summed E-state index contributed by atoms with van der Waals surface area (Å²) < 4.78 is 7.82. The van der Waals surface area contributed by atoms with Gasteiger partial charge in [-0.05, 0) is 58.1 Å². The number of fused-ring (bicyclic) bond motifs is 1. The van der Waals surface area contributed by atoms with Gasteiger partial charge in [0, 0.05) is 39.2 Å². The van der Waals surface area contributed by atoms with Crippen molar-refractivity contribution in [3.05, 3.63) is 34.9 Å². The van der Waals surface area contributed by atoms with Gasteiger partial charge in [0.25, 0.3) is 5.91 Å². The first kappa shape index (κ1) is 25.8. The van der Waals surface area contributed by atoms with Crippen LogP contribution < -0.4 is 5.32 Å². The number of amides is 1. The van der Waals surface area contributed by atoms with Crippen molar-refractivity contribution < 1.29 is 14.7 Å². The number of hydroxylamine groups is 1. The Morgan fingerprint density at radius 1 is 1.26 bits per heavy atom. The van der Waals surface area contributed by atoms with E-state index in [0.717, 1.165) is 37.4 Å². The van der Waals surface area contributed by atoms with Gasteiger partial charge in [0.1, 0.15) is 18.3 Å². The molecule has 1 aliphatic heterocycles. The molecule has 4 rings (SSSR count). The first-order valence-electron chi connectivity index (χ1n) is 12.6. The molecule has 2 aliphatic rings. The van der Waals surface area contributed by atoms with Gasteiger partial charge in [0.15, 0.2) is 5.65 Å². The van der Waals surface area contributed by atoms with Crippen molar-refractivity contribution in [3.8, 4) is 0 Å². The van der Waals surface area contributed by atoms with Crippen molar-refractivity contribution in [3.63, 3.8) is 0 Å². The molecule has 0 bridgehead atoms. The minimum absolute atomic E-state index is 0.197. The zero-order valence-corrected chi connectivity index (χ0v) is 23.2. The molecule has 1 unspecified atom stereocenters. The van der Waals surface area contributed by atoms with Crippen LogP contribution >= 0.6 is 0 Å². The van der Waals surface area contributed by atoms with E-state index in [-0.39, 0.29) is 17.5 Å². The van der Waals surface area contributed by atoms with E-state index < -0.39 is 8.07 Å². The van der Waals surface area contributed by atoms with Gasteiger partial charge in [-0.3, -0.25) is 15.0 Å². The molecule has 1 atom stereocenters. The van der Waals surface area contributed by atoms with E-state index in [2.05, 4.69) is 25.0 Å². The Balaban J connectivity index is 1.70. The monoisotopic (exact) mass is 500 g/mol. The lowest BCUT2D eigenvalue weighted by Gasteiger charge is -2.26. The predicted octanol–water partition coefficient (Wildman–Crippen LogP) is 4.69. The summed E-state index contributed by atoms with van der Waals surface area (Å²) in [6.07, 6.45) is 7.58. The molecule has 1 amide bonds. The number of carbonyl (C=O) groups is 1. The molecule has 0 saturated carbocycles. The van der Waals surface area contributed by atoms with Gasteiger partial charge in [0.05, 0.1) is 17.5 Å². The normalized spacial score (nSPS) is 19.5. The minimum atomic E-state index is -1.20. The first-order valence-corrected chi connectivity index (χ1v) is 16.3. The average molecular weight is 501 g/mol. The molecule has 9 nitrogen and oxygen atoms in total. The van der Waals surface area contributed by atoms with Crippen molar-refractivity contribution in [1.82, 2.24) is 30.0 Å². The Labute approximate surface area is 209 Å². The Morgan fingerprint density at radius 2 is 1.97 bits per heavy atom. The van der Waals surface area contributed by atoms with Gasteiger partial charge in [-0.2, -0.15) is 0 Å². The van der Waals surface area contributed by atoms with Gasteiger partial charge in [0.2, 0.25) is 0 Å². The third-order valence-electron chi connectivity index (χ3n) is 6.56. The number of nitrogens with one attached hydrogen (secondary N) is 1. The SMILES string of the molecule is CN1C2=C(CCCC2)C(c2cnc3c(n2)c(C(=O)NC(C)(C)C)cn3COCC[Si](C)(C)C)N1O. The van der Waals surface area contributed by atoms with Crippen molar-refractivity contribution in [1.29, 1.82) is 0 Å². The maximum atomic E-state index is 13.2. The fraction of sp³-hybridized carbons (Fsp3) is 0.640. The number of carbonyl (C=O) groups excluding carboxylic acids is 1. The molecular weight excluding hydrogens is 460 g/mol. The smallest absolute Gasteiger partial charge is 0.255 e. The van der Waals surface area contributed by atoms with Crippen LogP contribution in [-0.4, -0.2) is 63.1 Å². The second-order valence-corrected chi connectivity index (χ2v) is 17.6. The van der Waals surface area contributed by atoms with E-state index in [1.165, 1.54) is 10.7 Å². The molecule has 2 aromatic rings. The predicted molar refractivity (Wildman–Crippen MR) is 138 cm³/mol. The third kappa shape index (κ3) is 5.60. The maximum Gasteiger partial charge on any atom is 0.255 e. The summed E-state index contributed by atoms with van der Waals surface area (Å²) in [5.74, 6) is -0.197. The van der Waals surface area contributed by atoms with Crippen LogP contribution in [0.4, 0.5) is 0 Å². The molecule has 192 valence electrons. The molecule has 2 N–H and O–H groups in total. The zero-order chi connectivity index (χ0) is 25.5. The molecular formula is C25H40N6O3Si. The van der Waals surface area contributed by atoms with Crippen LogP contribution in [0.15, 0.2) is 23.7 Å². The molecule has 1 aliphatic carbocycles. The van der Waals surface area contributed by atoms with Gasteiger partial charge in [-0.25, -0.2) is 9.97 Å².